The van der Waals surface area contributed by atoms with Crippen LogP contribution in [0.15, 0.2) is 47.4 Å². The van der Waals surface area contributed by atoms with Crippen LogP contribution in [-0.4, -0.2) is 16.0 Å². The molecule has 0 unspecified atom stereocenters. The van der Waals surface area contributed by atoms with Gasteiger partial charge in [0.1, 0.15) is 5.82 Å². The summed E-state index contributed by atoms with van der Waals surface area (Å²) in [6.07, 6.45) is 1.55. The summed E-state index contributed by atoms with van der Waals surface area (Å²) in [4.78, 5) is 25.8. The minimum absolute atomic E-state index is 0.112. The molecule has 122 valence electrons. The Bertz CT molecular complexity index is 849. The lowest BCUT2D eigenvalue weighted by Crippen LogP contribution is -2.28. The van der Waals surface area contributed by atoms with E-state index >= 15 is 0 Å². The van der Waals surface area contributed by atoms with Gasteiger partial charge in [-0.1, -0.05) is 47.5 Å². The molecule has 1 aliphatic rings. The van der Waals surface area contributed by atoms with Crippen molar-refractivity contribution < 1.29 is 14.0 Å². The molecule has 2 amide bonds. The van der Waals surface area contributed by atoms with E-state index in [2.05, 4.69) is 0 Å². The van der Waals surface area contributed by atoms with Crippen molar-refractivity contribution in [3.63, 3.8) is 0 Å². The van der Waals surface area contributed by atoms with Gasteiger partial charge in [-0.25, -0.2) is 4.39 Å². The van der Waals surface area contributed by atoms with Gasteiger partial charge < -0.3 is 0 Å². The van der Waals surface area contributed by atoms with E-state index in [4.69, 9.17) is 23.2 Å². The van der Waals surface area contributed by atoms with Gasteiger partial charge in [-0.05, 0) is 41.6 Å². The molecular formula is C17H10Cl2FNO2S. The second-order valence-electron chi connectivity index (χ2n) is 4.99. The molecule has 2 aromatic rings. The second-order valence-corrected chi connectivity index (χ2v) is 6.80. The smallest absolute Gasteiger partial charge is 0.268 e. The molecule has 1 aliphatic heterocycles. The molecule has 0 atom stereocenters. The highest BCUT2D eigenvalue weighted by Gasteiger charge is 2.35. The monoisotopic (exact) mass is 381 g/mol. The average molecular weight is 382 g/mol. The first kappa shape index (κ1) is 17.0. The Morgan fingerprint density at radius 1 is 1.04 bits per heavy atom. The lowest BCUT2D eigenvalue weighted by Gasteiger charge is -2.14. The van der Waals surface area contributed by atoms with Crippen LogP contribution in [0.2, 0.25) is 10.0 Å². The van der Waals surface area contributed by atoms with Crippen LogP contribution < -0.4 is 0 Å². The Morgan fingerprint density at radius 2 is 1.75 bits per heavy atom. The number of hydrogen-bond donors (Lipinski definition) is 0. The Morgan fingerprint density at radius 3 is 2.46 bits per heavy atom. The Kier molecular flexibility index (Phi) is 4.94. The van der Waals surface area contributed by atoms with Crippen LogP contribution in [0.4, 0.5) is 9.18 Å². The van der Waals surface area contributed by atoms with E-state index in [1.165, 1.54) is 18.2 Å². The van der Waals surface area contributed by atoms with E-state index in [0.717, 1.165) is 16.7 Å². The van der Waals surface area contributed by atoms with E-state index in [1.807, 2.05) is 0 Å². The summed E-state index contributed by atoms with van der Waals surface area (Å²) < 4.78 is 13.9. The number of rotatable bonds is 3. The third kappa shape index (κ3) is 3.34. The van der Waals surface area contributed by atoms with Crippen molar-refractivity contribution in [1.82, 2.24) is 4.90 Å². The molecule has 7 heteroatoms. The first-order valence-electron chi connectivity index (χ1n) is 6.90. The van der Waals surface area contributed by atoms with Gasteiger partial charge in [-0.2, -0.15) is 0 Å². The van der Waals surface area contributed by atoms with Gasteiger partial charge in [-0.3, -0.25) is 14.5 Å². The van der Waals surface area contributed by atoms with Crippen molar-refractivity contribution in [3.05, 3.63) is 74.4 Å². The predicted octanol–water partition coefficient (Wildman–Crippen LogP) is 5.37. The summed E-state index contributed by atoms with van der Waals surface area (Å²) in [7, 11) is 0. The molecule has 0 aromatic heterocycles. The highest BCUT2D eigenvalue weighted by Crippen LogP contribution is 2.35. The maximum atomic E-state index is 13.9. The second kappa shape index (κ2) is 6.97. The van der Waals surface area contributed by atoms with Crippen LogP contribution in [0.3, 0.4) is 0 Å². The van der Waals surface area contributed by atoms with E-state index in [0.29, 0.717) is 10.6 Å². The number of halogens is 3. The first-order chi connectivity index (χ1) is 11.5. The summed E-state index contributed by atoms with van der Waals surface area (Å²) >= 11 is 12.8. The maximum Gasteiger partial charge on any atom is 0.293 e. The van der Waals surface area contributed by atoms with Gasteiger partial charge >= 0.3 is 0 Å². The van der Waals surface area contributed by atoms with Crippen LogP contribution >= 0.6 is 35.0 Å². The zero-order valence-corrected chi connectivity index (χ0v) is 14.5. The van der Waals surface area contributed by atoms with Gasteiger partial charge in [0.25, 0.3) is 11.1 Å². The largest absolute Gasteiger partial charge is 0.293 e. The molecule has 0 radical (unpaired) electrons. The molecular weight excluding hydrogens is 372 g/mol. The first-order valence-corrected chi connectivity index (χ1v) is 8.47. The number of nitrogens with zero attached hydrogens (tertiary/aromatic N) is 1. The highest BCUT2D eigenvalue weighted by molar-refractivity contribution is 8.18. The Balaban J connectivity index is 1.89. The maximum absolute atomic E-state index is 13.9. The highest BCUT2D eigenvalue weighted by atomic mass is 35.5. The molecule has 3 nitrogen and oxygen atoms in total. The molecule has 3 rings (SSSR count). The molecule has 0 bridgehead atoms. The van der Waals surface area contributed by atoms with Crippen LogP contribution in [0.1, 0.15) is 11.1 Å². The van der Waals surface area contributed by atoms with Crippen molar-refractivity contribution >= 4 is 52.2 Å². The number of imide groups is 1. The fourth-order valence-corrected chi connectivity index (χ4v) is 3.45. The molecule has 0 saturated carbocycles. The SMILES string of the molecule is O=C1SC(=Cc2ccccc2Cl)C(=O)N1Cc1c(F)cccc1Cl. The number of benzene rings is 2. The van der Waals surface area contributed by atoms with Crippen molar-refractivity contribution in [1.29, 1.82) is 0 Å². The summed E-state index contributed by atoms with van der Waals surface area (Å²) in [5.41, 5.74) is 0.744. The number of hydrogen-bond acceptors (Lipinski definition) is 3. The lowest BCUT2D eigenvalue weighted by atomic mass is 10.2. The van der Waals surface area contributed by atoms with Crippen LogP contribution in [-0.2, 0) is 11.3 Å². The number of carbonyl (C=O) groups is 2. The molecule has 2 aromatic carbocycles. The summed E-state index contributed by atoms with van der Waals surface area (Å²) in [6, 6.07) is 11.2. The number of carbonyl (C=O) groups excluding carboxylic acids is 2. The van der Waals surface area contributed by atoms with Gasteiger partial charge in [-0.15, -0.1) is 0 Å². The molecule has 1 saturated heterocycles. The van der Waals surface area contributed by atoms with Gasteiger partial charge in [0.2, 0.25) is 0 Å². The topological polar surface area (TPSA) is 37.4 Å². The van der Waals surface area contributed by atoms with Gasteiger partial charge in [0, 0.05) is 15.6 Å². The third-order valence-electron chi connectivity index (χ3n) is 3.44. The fourth-order valence-electron chi connectivity index (χ4n) is 2.21. The predicted molar refractivity (Wildman–Crippen MR) is 94.4 cm³/mol. The molecule has 1 heterocycles. The quantitative estimate of drug-likeness (QED) is 0.670. The summed E-state index contributed by atoms with van der Waals surface area (Å²) in [6.45, 7) is -0.212. The fraction of sp³-hybridized carbons (Fsp3) is 0.0588. The Hall–Kier alpha value is -1.82. The number of thioether (sulfide) groups is 1. The summed E-state index contributed by atoms with van der Waals surface area (Å²) in [5, 5.41) is 0.170. The van der Waals surface area contributed by atoms with Crippen LogP contribution in [0.5, 0.6) is 0 Å². The molecule has 1 fully saturated rings. The third-order valence-corrected chi connectivity index (χ3v) is 5.05. The zero-order valence-electron chi connectivity index (χ0n) is 12.1. The molecule has 0 N–H and O–H groups in total. The standard InChI is InChI=1S/C17H10Cl2FNO2S/c18-12-5-2-1-4-10(12)8-15-16(22)21(17(23)24-15)9-11-13(19)6-3-7-14(11)20/h1-8H,9H2. The Labute approximate surface area is 152 Å². The van der Waals surface area contributed by atoms with Crippen LogP contribution in [0, 0.1) is 5.82 Å². The van der Waals surface area contributed by atoms with Crippen molar-refractivity contribution in [2.24, 2.45) is 0 Å². The van der Waals surface area contributed by atoms with Gasteiger partial charge in [0.15, 0.2) is 0 Å². The van der Waals surface area contributed by atoms with E-state index in [1.54, 1.807) is 30.3 Å². The van der Waals surface area contributed by atoms with Crippen molar-refractivity contribution in [2.75, 3.05) is 0 Å². The van der Waals surface area contributed by atoms with Gasteiger partial charge in [0.05, 0.1) is 11.4 Å². The summed E-state index contributed by atoms with van der Waals surface area (Å²) in [5.74, 6) is -1.05. The minimum Gasteiger partial charge on any atom is -0.268 e. The average Bonchev–Trinajstić information content (AvgIpc) is 2.80. The lowest BCUT2D eigenvalue weighted by molar-refractivity contribution is -0.123. The molecule has 0 aliphatic carbocycles. The van der Waals surface area contributed by atoms with E-state index in [9.17, 15) is 14.0 Å². The normalized spacial score (nSPS) is 16.3. The molecule has 0 spiro atoms. The number of amides is 2. The van der Waals surface area contributed by atoms with E-state index < -0.39 is 17.0 Å². The zero-order chi connectivity index (χ0) is 17.3. The van der Waals surface area contributed by atoms with E-state index in [-0.39, 0.29) is 22.0 Å². The van der Waals surface area contributed by atoms with Crippen molar-refractivity contribution in [2.45, 2.75) is 6.54 Å². The molecule has 24 heavy (non-hydrogen) atoms. The minimum atomic E-state index is -0.559. The van der Waals surface area contributed by atoms with Crippen molar-refractivity contribution in [3.8, 4) is 0 Å². The van der Waals surface area contributed by atoms with Crippen LogP contribution in [0.25, 0.3) is 6.08 Å².